The van der Waals surface area contributed by atoms with Gasteiger partial charge in [-0.2, -0.15) is 0 Å². The summed E-state index contributed by atoms with van der Waals surface area (Å²) in [6.45, 7) is 7.84. The van der Waals surface area contributed by atoms with E-state index in [1.165, 1.54) is 0 Å². The molecule has 3 aliphatic rings. The first-order chi connectivity index (χ1) is 9.26. The summed E-state index contributed by atoms with van der Waals surface area (Å²) in [4.78, 5) is 2.45. The molecular formula is C14H26N2O3S. The molecule has 0 spiro atoms. The minimum Gasteiger partial charge on any atom is -0.379 e. The van der Waals surface area contributed by atoms with E-state index < -0.39 is 10.0 Å². The van der Waals surface area contributed by atoms with E-state index in [9.17, 15) is 8.42 Å². The lowest BCUT2D eigenvalue weighted by Gasteiger charge is -2.47. The maximum Gasteiger partial charge on any atom is 0.209 e. The van der Waals surface area contributed by atoms with Crippen LogP contribution in [-0.4, -0.2) is 51.4 Å². The lowest BCUT2D eigenvalue weighted by Crippen LogP contribution is -2.55. The summed E-state index contributed by atoms with van der Waals surface area (Å²) in [6, 6.07) is 0.346. The van der Waals surface area contributed by atoms with Gasteiger partial charge in [-0.05, 0) is 30.6 Å². The minimum absolute atomic E-state index is 0.0579. The van der Waals surface area contributed by atoms with Crippen LogP contribution in [0.2, 0.25) is 0 Å². The number of rotatable bonds is 3. The largest absolute Gasteiger partial charge is 0.379 e. The monoisotopic (exact) mass is 302 g/mol. The van der Waals surface area contributed by atoms with Crippen LogP contribution in [0.3, 0.4) is 0 Å². The molecular weight excluding hydrogens is 276 g/mol. The maximum absolute atomic E-state index is 11.8. The Hall–Kier alpha value is -0.170. The van der Waals surface area contributed by atoms with Gasteiger partial charge in [0.2, 0.25) is 10.0 Å². The van der Waals surface area contributed by atoms with Crippen molar-refractivity contribution in [3.8, 4) is 0 Å². The Kier molecular flexibility index (Phi) is 3.44. The van der Waals surface area contributed by atoms with Crippen molar-refractivity contribution in [1.82, 2.24) is 4.90 Å². The van der Waals surface area contributed by atoms with Crippen LogP contribution in [0.15, 0.2) is 0 Å². The molecule has 3 unspecified atom stereocenters. The third-order valence-corrected chi connectivity index (χ3v) is 7.25. The van der Waals surface area contributed by atoms with Crippen LogP contribution in [0.5, 0.6) is 0 Å². The summed E-state index contributed by atoms with van der Waals surface area (Å²) in [5, 5.41) is 5.44. The standard InChI is InChI=1S/C14H26N2O3S/c1-13(2)11-3-4-14(13,10-20(15,17)18)12(9-11)16-5-7-19-8-6-16/h11-12H,3-10H2,1-2H3,(H2,15,17,18). The van der Waals surface area contributed by atoms with Crippen molar-refractivity contribution < 1.29 is 13.2 Å². The minimum atomic E-state index is -3.45. The van der Waals surface area contributed by atoms with Crippen molar-refractivity contribution in [2.75, 3.05) is 32.1 Å². The van der Waals surface area contributed by atoms with Gasteiger partial charge in [0, 0.05) is 24.5 Å². The number of nitrogens with two attached hydrogens (primary N) is 1. The van der Waals surface area contributed by atoms with E-state index in [4.69, 9.17) is 9.88 Å². The Bertz CT molecular complexity index is 485. The number of ether oxygens (including phenoxy) is 1. The number of hydrogen-bond donors (Lipinski definition) is 1. The average molecular weight is 302 g/mol. The molecule has 2 N–H and O–H groups in total. The summed E-state index contributed by atoms with van der Waals surface area (Å²) in [5.74, 6) is 0.753. The summed E-state index contributed by atoms with van der Waals surface area (Å²) < 4.78 is 29.1. The van der Waals surface area contributed by atoms with Crippen LogP contribution in [0.4, 0.5) is 0 Å². The second-order valence-corrected chi connectivity index (χ2v) is 8.93. The van der Waals surface area contributed by atoms with E-state index >= 15 is 0 Å². The first-order valence-electron chi connectivity index (χ1n) is 7.58. The van der Waals surface area contributed by atoms with Crippen LogP contribution >= 0.6 is 0 Å². The average Bonchev–Trinajstić information content (AvgIpc) is 2.71. The quantitative estimate of drug-likeness (QED) is 0.837. The van der Waals surface area contributed by atoms with E-state index in [2.05, 4.69) is 18.7 Å². The van der Waals surface area contributed by atoms with Crippen molar-refractivity contribution in [2.24, 2.45) is 21.9 Å². The Morgan fingerprint density at radius 1 is 1.30 bits per heavy atom. The molecule has 1 aliphatic heterocycles. The van der Waals surface area contributed by atoms with Gasteiger partial charge in [0.1, 0.15) is 0 Å². The summed E-state index contributed by atoms with van der Waals surface area (Å²) in [6.07, 6.45) is 3.25. The number of hydrogen-bond acceptors (Lipinski definition) is 4. The fourth-order valence-electron chi connectivity index (χ4n) is 5.13. The molecule has 3 rings (SSSR count). The van der Waals surface area contributed by atoms with Gasteiger partial charge in [0.05, 0.1) is 19.0 Å². The van der Waals surface area contributed by atoms with Gasteiger partial charge in [-0.3, -0.25) is 4.90 Å². The molecule has 0 aromatic carbocycles. The fourth-order valence-corrected chi connectivity index (χ4v) is 6.55. The summed E-state index contributed by atoms with van der Waals surface area (Å²) >= 11 is 0. The van der Waals surface area contributed by atoms with Gasteiger partial charge in [0.15, 0.2) is 0 Å². The highest BCUT2D eigenvalue weighted by Crippen LogP contribution is 2.67. The number of morpholine rings is 1. The van der Waals surface area contributed by atoms with Gasteiger partial charge < -0.3 is 4.74 Å². The molecule has 20 heavy (non-hydrogen) atoms. The Morgan fingerprint density at radius 3 is 2.50 bits per heavy atom. The zero-order chi connectivity index (χ0) is 14.6. The van der Waals surface area contributed by atoms with Gasteiger partial charge >= 0.3 is 0 Å². The molecule has 1 saturated heterocycles. The summed E-state index contributed by atoms with van der Waals surface area (Å²) in [7, 11) is -3.45. The molecule has 1 heterocycles. The predicted octanol–water partition coefficient (Wildman–Crippen LogP) is 0.802. The van der Waals surface area contributed by atoms with E-state index in [-0.39, 0.29) is 16.6 Å². The van der Waals surface area contributed by atoms with Crippen LogP contribution in [0.1, 0.15) is 33.1 Å². The summed E-state index contributed by atoms with van der Waals surface area (Å²) in [5.41, 5.74) is -0.120. The first kappa shape index (κ1) is 14.8. The molecule has 116 valence electrons. The second-order valence-electron chi connectivity index (χ2n) is 7.32. The molecule has 6 heteroatoms. The molecule has 3 fully saturated rings. The number of primary sulfonamides is 1. The highest BCUT2D eigenvalue weighted by atomic mass is 32.2. The van der Waals surface area contributed by atoms with Crippen LogP contribution < -0.4 is 5.14 Å². The molecule has 2 saturated carbocycles. The van der Waals surface area contributed by atoms with Crippen LogP contribution in [0.25, 0.3) is 0 Å². The van der Waals surface area contributed by atoms with E-state index in [0.29, 0.717) is 12.0 Å². The smallest absolute Gasteiger partial charge is 0.209 e. The molecule has 2 bridgehead atoms. The molecule has 0 aromatic heterocycles. The Labute approximate surface area is 121 Å². The Balaban J connectivity index is 1.94. The van der Waals surface area contributed by atoms with E-state index in [1.54, 1.807) is 0 Å². The highest BCUT2D eigenvalue weighted by Gasteiger charge is 2.66. The van der Waals surface area contributed by atoms with Crippen molar-refractivity contribution >= 4 is 10.0 Å². The van der Waals surface area contributed by atoms with Crippen molar-refractivity contribution in [1.29, 1.82) is 0 Å². The molecule has 0 aromatic rings. The zero-order valence-electron chi connectivity index (χ0n) is 12.5. The topological polar surface area (TPSA) is 72.6 Å². The lowest BCUT2D eigenvalue weighted by atomic mass is 9.68. The molecule has 3 atom stereocenters. The predicted molar refractivity (Wildman–Crippen MR) is 77.7 cm³/mol. The first-order valence-corrected chi connectivity index (χ1v) is 9.30. The third kappa shape index (κ3) is 2.12. The molecule has 0 amide bonds. The normalized spacial score (nSPS) is 41.1. The number of sulfonamides is 1. The van der Waals surface area contributed by atoms with E-state index in [1.807, 2.05) is 0 Å². The number of nitrogens with zero attached hydrogens (tertiary/aromatic N) is 1. The maximum atomic E-state index is 11.8. The van der Waals surface area contributed by atoms with Gasteiger partial charge in [0.25, 0.3) is 0 Å². The van der Waals surface area contributed by atoms with E-state index in [0.717, 1.165) is 45.6 Å². The molecule has 2 aliphatic carbocycles. The third-order valence-electron chi connectivity index (χ3n) is 6.33. The van der Waals surface area contributed by atoms with Crippen LogP contribution in [0, 0.1) is 16.7 Å². The van der Waals surface area contributed by atoms with Gasteiger partial charge in [-0.15, -0.1) is 0 Å². The van der Waals surface area contributed by atoms with Crippen molar-refractivity contribution in [2.45, 2.75) is 39.2 Å². The van der Waals surface area contributed by atoms with Crippen LogP contribution in [-0.2, 0) is 14.8 Å². The highest BCUT2D eigenvalue weighted by molar-refractivity contribution is 7.89. The molecule has 5 nitrogen and oxygen atoms in total. The second kappa shape index (κ2) is 4.66. The number of fused-ring (bicyclic) bond motifs is 2. The SMILES string of the molecule is CC1(C)C2CCC1(CS(N)(=O)=O)C(N1CCOCC1)C2. The fraction of sp³-hybridized carbons (Fsp3) is 1.00. The van der Waals surface area contributed by atoms with Gasteiger partial charge in [-0.25, -0.2) is 13.6 Å². The van der Waals surface area contributed by atoms with Crippen molar-refractivity contribution in [3.05, 3.63) is 0 Å². The zero-order valence-corrected chi connectivity index (χ0v) is 13.3. The van der Waals surface area contributed by atoms with Gasteiger partial charge in [-0.1, -0.05) is 13.8 Å². The van der Waals surface area contributed by atoms with Crippen molar-refractivity contribution in [3.63, 3.8) is 0 Å². The lowest BCUT2D eigenvalue weighted by molar-refractivity contribution is -0.0256. The Morgan fingerprint density at radius 2 is 1.95 bits per heavy atom. The molecule has 0 radical (unpaired) electrons.